The quantitative estimate of drug-likeness (QED) is 0.459. The summed E-state index contributed by atoms with van der Waals surface area (Å²) < 4.78 is 22.3. The van der Waals surface area contributed by atoms with E-state index >= 15 is 0 Å². The smallest absolute Gasteiger partial charge is 0.462 e. The second-order valence-corrected chi connectivity index (χ2v) is 14.3. The molecule has 1 aromatic rings. The van der Waals surface area contributed by atoms with E-state index in [1.807, 2.05) is 0 Å². The molecule has 6 rings (SSSR count). The SMILES string of the molecule is CC(=O)O[C@H]1C[C@]2(O)[C@@H]3CC[C@@H]4C[C@@H](OC(=O)OCCN5CCCC5)CC[C@]4(C)[C@H]3CC[C@]2(C)[C@H]1c1ccc(=O)oc1. The van der Waals surface area contributed by atoms with Crippen molar-refractivity contribution in [2.75, 3.05) is 26.2 Å². The lowest BCUT2D eigenvalue weighted by Gasteiger charge is -2.63. The first-order chi connectivity index (χ1) is 20.0. The Morgan fingerprint density at radius 3 is 2.55 bits per heavy atom. The first-order valence-electron chi connectivity index (χ1n) is 16.1. The van der Waals surface area contributed by atoms with Gasteiger partial charge in [-0.3, -0.25) is 9.69 Å². The number of esters is 1. The third-order valence-corrected chi connectivity index (χ3v) is 12.3. The number of nitrogens with zero attached hydrogens (tertiary/aromatic N) is 1. The molecule has 1 saturated heterocycles. The first kappa shape index (κ1) is 29.7. The number of hydrogen-bond acceptors (Lipinski definition) is 9. The summed E-state index contributed by atoms with van der Waals surface area (Å²) in [4.78, 5) is 38.7. The predicted molar refractivity (Wildman–Crippen MR) is 154 cm³/mol. The Kier molecular flexibility index (Phi) is 7.96. The highest BCUT2D eigenvalue weighted by atomic mass is 16.7. The van der Waals surface area contributed by atoms with Crippen molar-refractivity contribution in [2.45, 2.75) is 109 Å². The summed E-state index contributed by atoms with van der Waals surface area (Å²) in [6.07, 6.45) is 9.29. The van der Waals surface area contributed by atoms with Gasteiger partial charge in [-0.15, -0.1) is 0 Å². The van der Waals surface area contributed by atoms with Gasteiger partial charge in [0.2, 0.25) is 0 Å². The largest absolute Gasteiger partial charge is 0.508 e. The minimum absolute atomic E-state index is 0.0358. The van der Waals surface area contributed by atoms with Crippen LogP contribution in [0.1, 0.15) is 96.5 Å². The van der Waals surface area contributed by atoms with Gasteiger partial charge in [0.05, 0.1) is 11.9 Å². The summed E-state index contributed by atoms with van der Waals surface area (Å²) in [7, 11) is 0. The molecular formula is C33H47NO8. The van der Waals surface area contributed by atoms with Crippen LogP contribution < -0.4 is 5.63 Å². The van der Waals surface area contributed by atoms with Crippen LogP contribution in [0.3, 0.4) is 0 Å². The average Bonchev–Trinajstić information content (AvgIpc) is 3.53. The topological polar surface area (TPSA) is 116 Å². The van der Waals surface area contributed by atoms with Crippen molar-refractivity contribution in [3.8, 4) is 0 Å². The van der Waals surface area contributed by atoms with Crippen molar-refractivity contribution in [1.82, 2.24) is 4.90 Å². The normalized spacial score (nSPS) is 41.3. The number of likely N-dealkylation sites (tertiary alicyclic amines) is 1. The zero-order valence-corrected chi connectivity index (χ0v) is 25.3. The third-order valence-electron chi connectivity index (χ3n) is 12.3. The van der Waals surface area contributed by atoms with Crippen LogP contribution in [-0.2, 0) is 19.0 Å². The highest BCUT2D eigenvalue weighted by Gasteiger charge is 2.70. The highest BCUT2D eigenvalue weighted by Crippen LogP contribution is 2.71. The van der Waals surface area contributed by atoms with Gasteiger partial charge in [0.15, 0.2) is 0 Å². The van der Waals surface area contributed by atoms with Gasteiger partial charge in [-0.25, -0.2) is 9.59 Å². The van der Waals surface area contributed by atoms with Crippen molar-refractivity contribution < 1.29 is 33.3 Å². The molecule has 4 saturated carbocycles. The number of carbonyl (C=O) groups is 2. The van der Waals surface area contributed by atoms with Gasteiger partial charge in [0.25, 0.3) is 0 Å². The van der Waals surface area contributed by atoms with Crippen LogP contribution in [0.25, 0.3) is 0 Å². The van der Waals surface area contributed by atoms with Gasteiger partial charge in [-0.2, -0.15) is 0 Å². The Morgan fingerprint density at radius 1 is 1.05 bits per heavy atom. The van der Waals surface area contributed by atoms with Crippen molar-refractivity contribution >= 4 is 12.1 Å². The van der Waals surface area contributed by atoms with Crippen LogP contribution in [0.2, 0.25) is 0 Å². The molecule has 9 atom stereocenters. The van der Waals surface area contributed by atoms with Crippen molar-refractivity contribution in [2.24, 2.45) is 28.6 Å². The van der Waals surface area contributed by atoms with Crippen molar-refractivity contribution in [3.63, 3.8) is 0 Å². The van der Waals surface area contributed by atoms with Gasteiger partial charge in [0.1, 0.15) is 18.8 Å². The minimum Gasteiger partial charge on any atom is -0.462 e. The fourth-order valence-corrected chi connectivity index (χ4v) is 10.2. The monoisotopic (exact) mass is 585 g/mol. The van der Waals surface area contributed by atoms with Crippen LogP contribution in [0.15, 0.2) is 27.6 Å². The summed E-state index contributed by atoms with van der Waals surface area (Å²) in [6, 6.07) is 3.16. The van der Waals surface area contributed by atoms with E-state index in [0.29, 0.717) is 24.9 Å². The summed E-state index contributed by atoms with van der Waals surface area (Å²) in [6.45, 7) is 9.22. The zero-order valence-electron chi connectivity index (χ0n) is 25.3. The van der Waals surface area contributed by atoms with Gasteiger partial charge < -0.3 is 23.7 Å². The fraction of sp³-hybridized carbons (Fsp3) is 0.788. The second-order valence-electron chi connectivity index (χ2n) is 14.3. The maximum atomic E-state index is 12.7. The van der Waals surface area contributed by atoms with Crippen molar-refractivity contribution in [3.05, 3.63) is 34.4 Å². The van der Waals surface area contributed by atoms with E-state index < -0.39 is 28.9 Å². The van der Waals surface area contributed by atoms with Crippen LogP contribution in [0, 0.1) is 28.6 Å². The lowest BCUT2D eigenvalue weighted by molar-refractivity contribution is -0.206. The summed E-state index contributed by atoms with van der Waals surface area (Å²) in [5.41, 5.74) is -1.14. The number of fused-ring (bicyclic) bond motifs is 5. The average molecular weight is 586 g/mol. The van der Waals surface area contributed by atoms with E-state index in [2.05, 4.69) is 18.7 Å². The maximum absolute atomic E-state index is 12.7. The number of rotatable bonds is 6. The van der Waals surface area contributed by atoms with E-state index in [9.17, 15) is 19.5 Å². The minimum atomic E-state index is -1.02. The highest BCUT2D eigenvalue weighted by molar-refractivity contribution is 5.66. The third kappa shape index (κ3) is 5.08. The summed E-state index contributed by atoms with van der Waals surface area (Å²) in [5.74, 6) is 0.182. The molecule has 9 nitrogen and oxygen atoms in total. The molecule has 42 heavy (non-hydrogen) atoms. The molecule has 2 heterocycles. The van der Waals surface area contributed by atoms with Gasteiger partial charge in [-0.1, -0.05) is 13.8 Å². The molecule has 1 aromatic heterocycles. The molecule has 0 bridgehead atoms. The molecule has 5 fully saturated rings. The fourth-order valence-electron chi connectivity index (χ4n) is 10.2. The molecule has 1 aliphatic heterocycles. The molecule has 4 aliphatic carbocycles. The molecule has 0 radical (unpaired) electrons. The van der Waals surface area contributed by atoms with Gasteiger partial charge in [0, 0.05) is 37.3 Å². The molecular weight excluding hydrogens is 538 g/mol. The molecule has 0 amide bonds. The maximum Gasteiger partial charge on any atom is 0.508 e. The molecule has 232 valence electrons. The second kappa shape index (κ2) is 11.3. The van der Waals surface area contributed by atoms with E-state index in [0.717, 1.165) is 70.1 Å². The lowest BCUT2D eigenvalue weighted by Crippen LogP contribution is -2.62. The molecule has 0 aromatic carbocycles. The summed E-state index contributed by atoms with van der Waals surface area (Å²) in [5, 5.41) is 12.7. The first-order valence-corrected chi connectivity index (χ1v) is 16.1. The number of ether oxygens (including phenoxy) is 3. The van der Waals surface area contributed by atoms with E-state index in [4.69, 9.17) is 18.6 Å². The molecule has 0 spiro atoms. The van der Waals surface area contributed by atoms with Crippen LogP contribution in [0.5, 0.6) is 0 Å². The van der Waals surface area contributed by atoms with Gasteiger partial charge >= 0.3 is 17.8 Å². The lowest BCUT2D eigenvalue weighted by atomic mass is 9.43. The number of carbonyl (C=O) groups excluding carboxylic acids is 2. The molecule has 5 aliphatic rings. The summed E-state index contributed by atoms with van der Waals surface area (Å²) >= 11 is 0. The van der Waals surface area contributed by atoms with E-state index in [-0.39, 0.29) is 29.3 Å². The number of hydrogen-bond donors (Lipinski definition) is 1. The van der Waals surface area contributed by atoms with Crippen LogP contribution >= 0.6 is 0 Å². The predicted octanol–water partition coefficient (Wildman–Crippen LogP) is 5.04. The van der Waals surface area contributed by atoms with E-state index in [1.54, 1.807) is 6.07 Å². The Labute approximate surface area is 248 Å². The Balaban J connectivity index is 1.15. The van der Waals surface area contributed by atoms with Crippen molar-refractivity contribution in [1.29, 1.82) is 0 Å². The van der Waals surface area contributed by atoms with Crippen LogP contribution in [0.4, 0.5) is 4.79 Å². The molecule has 9 heteroatoms. The molecule has 0 unspecified atom stereocenters. The molecule has 1 N–H and O–H groups in total. The van der Waals surface area contributed by atoms with Crippen LogP contribution in [-0.4, -0.2) is 66.2 Å². The Bertz CT molecular complexity index is 1210. The Morgan fingerprint density at radius 2 is 1.83 bits per heavy atom. The standard InChI is InChI=1S/C33H47NO8/c1-21(35)41-27-19-33(38)26-8-7-23-18-24(42-30(37)39-17-16-34-14-4-5-15-34)10-12-31(23,2)25(26)11-13-32(33,3)29(27)22-6-9-28(36)40-20-22/h6,9,20,23-27,29,38H,4-5,7-8,10-19H2,1-3H3/t23-,24+,25+,26-,27+,29+,31+,32-,33+/m1/s1. The Hall–Kier alpha value is -2.39. The zero-order chi connectivity index (χ0) is 29.7. The number of aliphatic hydroxyl groups is 1. The van der Waals surface area contributed by atoms with E-state index in [1.165, 1.54) is 32.1 Å². The van der Waals surface area contributed by atoms with Gasteiger partial charge in [-0.05, 0) is 106 Å².